The predicted octanol–water partition coefficient (Wildman–Crippen LogP) is 3.66. The first-order valence-corrected chi connectivity index (χ1v) is 6.88. The van der Waals surface area contributed by atoms with E-state index in [9.17, 15) is 0 Å². The van der Waals surface area contributed by atoms with Crippen LogP contribution in [0.25, 0.3) is 0 Å². The van der Waals surface area contributed by atoms with Crippen molar-refractivity contribution in [3.63, 3.8) is 0 Å². The quantitative estimate of drug-likeness (QED) is 0.659. The minimum Gasteiger partial charge on any atom is -0.496 e. The summed E-state index contributed by atoms with van der Waals surface area (Å²) in [7, 11) is 1.63. The molecule has 0 aliphatic rings. The molecule has 0 radical (unpaired) electrons. The highest BCUT2D eigenvalue weighted by Crippen LogP contribution is 2.34. The number of hydrazine groups is 1. The molecular weight excluding hydrogens is 328 g/mol. The van der Waals surface area contributed by atoms with Crippen LogP contribution in [0.4, 0.5) is 0 Å². The van der Waals surface area contributed by atoms with Gasteiger partial charge < -0.3 is 4.74 Å². The fourth-order valence-corrected chi connectivity index (χ4v) is 2.68. The van der Waals surface area contributed by atoms with E-state index in [0.717, 1.165) is 21.3 Å². The molecule has 0 spiro atoms. The normalized spacial score (nSPS) is 12.2. The fourth-order valence-electron chi connectivity index (χ4n) is 1.99. The minimum absolute atomic E-state index is 0.204. The average molecular weight is 342 g/mol. The van der Waals surface area contributed by atoms with Crippen LogP contribution in [0.5, 0.6) is 5.75 Å². The SMILES string of the molecule is COc1ccc(Cl)cc1C(NN)c1ccccc1Br. The highest BCUT2D eigenvalue weighted by atomic mass is 79.9. The van der Waals surface area contributed by atoms with Gasteiger partial charge in [-0.25, -0.2) is 5.43 Å². The van der Waals surface area contributed by atoms with Gasteiger partial charge in [0, 0.05) is 15.1 Å². The van der Waals surface area contributed by atoms with Gasteiger partial charge in [0.25, 0.3) is 0 Å². The molecule has 19 heavy (non-hydrogen) atoms. The zero-order valence-electron chi connectivity index (χ0n) is 10.4. The van der Waals surface area contributed by atoms with Crippen LogP contribution in [0, 0.1) is 0 Å². The van der Waals surface area contributed by atoms with Crippen LogP contribution in [0.2, 0.25) is 5.02 Å². The topological polar surface area (TPSA) is 47.3 Å². The molecule has 3 nitrogen and oxygen atoms in total. The molecule has 2 aromatic rings. The Morgan fingerprint density at radius 1 is 1.21 bits per heavy atom. The van der Waals surface area contributed by atoms with Crippen molar-refractivity contribution in [2.45, 2.75) is 6.04 Å². The molecule has 0 bridgehead atoms. The van der Waals surface area contributed by atoms with Crippen LogP contribution in [-0.4, -0.2) is 7.11 Å². The minimum atomic E-state index is -0.204. The summed E-state index contributed by atoms with van der Waals surface area (Å²) >= 11 is 9.60. The van der Waals surface area contributed by atoms with Crippen molar-refractivity contribution in [2.75, 3.05) is 7.11 Å². The van der Waals surface area contributed by atoms with Crippen molar-refractivity contribution in [1.82, 2.24) is 5.43 Å². The number of hydrogen-bond donors (Lipinski definition) is 2. The highest BCUT2D eigenvalue weighted by Gasteiger charge is 2.19. The first-order valence-electron chi connectivity index (χ1n) is 5.71. The van der Waals surface area contributed by atoms with Gasteiger partial charge in [0.1, 0.15) is 5.75 Å². The zero-order valence-corrected chi connectivity index (χ0v) is 12.7. The van der Waals surface area contributed by atoms with E-state index < -0.39 is 0 Å². The molecule has 0 aromatic heterocycles. The summed E-state index contributed by atoms with van der Waals surface area (Å²) in [5.41, 5.74) is 4.72. The maximum absolute atomic E-state index is 6.07. The maximum Gasteiger partial charge on any atom is 0.124 e. The molecule has 2 rings (SSSR count). The summed E-state index contributed by atoms with van der Waals surface area (Å²) in [6.07, 6.45) is 0. The van der Waals surface area contributed by atoms with E-state index >= 15 is 0 Å². The molecule has 100 valence electrons. The lowest BCUT2D eigenvalue weighted by Gasteiger charge is -2.21. The number of hydrogen-bond acceptors (Lipinski definition) is 3. The molecular formula is C14H14BrClN2O. The number of ether oxygens (including phenoxy) is 1. The summed E-state index contributed by atoms with van der Waals surface area (Å²) in [4.78, 5) is 0. The Labute approximate surface area is 125 Å². The number of rotatable bonds is 4. The van der Waals surface area contributed by atoms with Crippen LogP contribution < -0.4 is 16.0 Å². The van der Waals surface area contributed by atoms with E-state index in [1.165, 1.54) is 0 Å². The summed E-state index contributed by atoms with van der Waals surface area (Å²) in [5, 5.41) is 0.642. The summed E-state index contributed by atoms with van der Waals surface area (Å²) in [6, 6.07) is 13.1. The smallest absolute Gasteiger partial charge is 0.124 e. The second-order valence-electron chi connectivity index (χ2n) is 4.01. The first kappa shape index (κ1) is 14.3. The Morgan fingerprint density at radius 3 is 2.58 bits per heavy atom. The Morgan fingerprint density at radius 2 is 1.95 bits per heavy atom. The zero-order chi connectivity index (χ0) is 13.8. The molecule has 0 amide bonds. The number of nitrogens with one attached hydrogen (secondary N) is 1. The number of halogens is 2. The van der Waals surface area contributed by atoms with Gasteiger partial charge in [-0.15, -0.1) is 0 Å². The van der Waals surface area contributed by atoms with Crippen LogP contribution in [-0.2, 0) is 0 Å². The maximum atomic E-state index is 6.07. The molecule has 0 heterocycles. The molecule has 0 saturated carbocycles. The Kier molecular flexibility index (Phi) is 4.82. The van der Waals surface area contributed by atoms with E-state index in [2.05, 4.69) is 21.4 Å². The highest BCUT2D eigenvalue weighted by molar-refractivity contribution is 9.10. The van der Waals surface area contributed by atoms with Crippen molar-refractivity contribution in [3.05, 3.63) is 63.1 Å². The van der Waals surface area contributed by atoms with Gasteiger partial charge in [-0.2, -0.15) is 0 Å². The van der Waals surface area contributed by atoms with Gasteiger partial charge in [-0.3, -0.25) is 5.84 Å². The van der Waals surface area contributed by atoms with E-state index in [-0.39, 0.29) is 6.04 Å². The van der Waals surface area contributed by atoms with Crippen molar-refractivity contribution < 1.29 is 4.74 Å². The molecule has 1 atom stereocenters. The third-order valence-electron chi connectivity index (χ3n) is 2.89. The third kappa shape index (κ3) is 3.09. The van der Waals surface area contributed by atoms with E-state index in [0.29, 0.717) is 5.02 Å². The number of benzene rings is 2. The Balaban J connectivity index is 2.54. The molecule has 2 aromatic carbocycles. The molecule has 5 heteroatoms. The summed E-state index contributed by atoms with van der Waals surface area (Å²) in [5.74, 6) is 6.45. The predicted molar refractivity (Wildman–Crippen MR) is 81.3 cm³/mol. The van der Waals surface area contributed by atoms with Gasteiger partial charge in [-0.05, 0) is 29.8 Å². The Bertz CT molecular complexity index is 577. The molecule has 0 fully saturated rings. The van der Waals surface area contributed by atoms with Gasteiger partial charge in [0.05, 0.1) is 13.2 Å². The summed E-state index contributed by atoms with van der Waals surface area (Å²) in [6.45, 7) is 0. The second kappa shape index (κ2) is 6.39. The second-order valence-corrected chi connectivity index (χ2v) is 5.30. The molecule has 1 unspecified atom stereocenters. The molecule has 3 N–H and O–H groups in total. The first-order chi connectivity index (χ1) is 9.17. The Hall–Kier alpha value is -1.07. The number of nitrogens with two attached hydrogens (primary N) is 1. The average Bonchev–Trinajstić information content (AvgIpc) is 2.42. The standard InChI is InChI=1S/C14H14BrClN2O/c1-19-13-7-6-9(16)8-11(13)14(18-17)10-4-2-3-5-12(10)15/h2-8,14,18H,17H2,1H3. The van der Waals surface area contributed by atoms with Gasteiger partial charge >= 0.3 is 0 Å². The van der Waals surface area contributed by atoms with Crippen molar-refractivity contribution in [3.8, 4) is 5.75 Å². The lowest BCUT2D eigenvalue weighted by atomic mass is 9.98. The summed E-state index contributed by atoms with van der Waals surface area (Å²) < 4.78 is 6.35. The van der Waals surface area contributed by atoms with Crippen LogP contribution >= 0.6 is 27.5 Å². The van der Waals surface area contributed by atoms with Crippen molar-refractivity contribution >= 4 is 27.5 Å². The number of methoxy groups -OCH3 is 1. The fraction of sp³-hybridized carbons (Fsp3) is 0.143. The van der Waals surface area contributed by atoms with E-state index in [1.54, 1.807) is 13.2 Å². The monoisotopic (exact) mass is 340 g/mol. The lowest BCUT2D eigenvalue weighted by Crippen LogP contribution is -2.29. The van der Waals surface area contributed by atoms with Gasteiger partial charge in [0.15, 0.2) is 0 Å². The molecule has 0 aliphatic carbocycles. The van der Waals surface area contributed by atoms with Gasteiger partial charge in [-0.1, -0.05) is 45.7 Å². The van der Waals surface area contributed by atoms with Crippen molar-refractivity contribution in [1.29, 1.82) is 0 Å². The van der Waals surface area contributed by atoms with E-state index in [4.69, 9.17) is 22.2 Å². The van der Waals surface area contributed by atoms with Crippen molar-refractivity contribution in [2.24, 2.45) is 5.84 Å². The molecule has 0 aliphatic heterocycles. The largest absolute Gasteiger partial charge is 0.496 e. The van der Waals surface area contributed by atoms with Crippen LogP contribution in [0.15, 0.2) is 46.9 Å². The van der Waals surface area contributed by atoms with Crippen LogP contribution in [0.3, 0.4) is 0 Å². The lowest BCUT2D eigenvalue weighted by molar-refractivity contribution is 0.404. The van der Waals surface area contributed by atoms with Gasteiger partial charge in [0.2, 0.25) is 0 Å². The van der Waals surface area contributed by atoms with E-state index in [1.807, 2.05) is 36.4 Å². The van der Waals surface area contributed by atoms with Crippen LogP contribution in [0.1, 0.15) is 17.2 Å². The molecule has 0 saturated heterocycles. The third-order valence-corrected chi connectivity index (χ3v) is 3.84.